The number of amides is 1. The molecule has 2 aromatic carbocycles. The highest BCUT2D eigenvalue weighted by atomic mass is 19.1. The van der Waals surface area contributed by atoms with Crippen molar-refractivity contribution in [3.63, 3.8) is 0 Å². The number of benzene rings is 2. The molecule has 0 radical (unpaired) electrons. The van der Waals surface area contributed by atoms with Crippen LogP contribution in [0.25, 0.3) is 0 Å². The van der Waals surface area contributed by atoms with Gasteiger partial charge in [0.1, 0.15) is 11.9 Å². The van der Waals surface area contributed by atoms with E-state index in [1.165, 1.54) is 17.7 Å². The van der Waals surface area contributed by atoms with E-state index in [2.05, 4.69) is 16.7 Å². The first kappa shape index (κ1) is 13.8. The van der Waals surface area contributed by atoms with E-state index in [1.807, 2.05) is 18.2 Å². The Morgan fingerprint density at radius 2 is 2.10 bits per heavy atom. The zero-order valence-corrected chi connectivity index (χ0v) is 11.6. The molecule has 3 rings (SSSR count). The van der Waals surface area contributed by atoms with Gasteiger partial charge in [0.05, 0.1) is 0 Å². The Hall–Kier alpha value is -2.20. The Morgan fingerprint density at radius 1 is 1.24 bits per heavy atom. The monoisotopic (exact) mass is 284 g/mol. The standard InChI is InChI=1S/C17H17FN2O/c18-14-6-3-4-12(10-14)11-20-17(21)16-15-7-2-1-5-13(15)8-9-19-16/h1-7,10,16,19H,8-9,11H2,(H,20,21). The lowest BCUT2D eigenvalue weighted by atomic mass is 9.94. The average molecular weight is 284 g/mol. The fraction of sp³-hybridized carbons (Fsp3) is 0.235. The number of rotatable bonds is 3. The van der Waals surface area contributed by atoms with Gasteiger partial charge in [-0.2, -0.15) is 0 Å². The summed E-state index contributed by atoms with van der Waals surface area (Å²) in [6.07, 6.45) is 0.934. The molecule has 1 unspecified atom stereocenters. The Labute approximate surface area is 123 Å². The zero-order chi connectivity index (χ0) is 14.7. The summed E-state index contributed by atoms with van der Waals surface area (Å²) in [7, 11) is 0. The predicted molar refractivity (Wildman–Crippen MR) is 79.1 cm³/mol. The fourth-order valence-electron chi connectivity index (χ4n) is 2.68. The molecule has 21 heavy (non-hydrogen) atoms. The van der Waals surface area contributed by atoms with Crippen molar-refractivity contribution in [2.75, 3.05) is 6.54 Å². The van der Waals surface area contributed by atoms with Crippen LogP contribution < -0.4 is 10.6 Å². The molecule has 0 bridgehead atoms. The van der Waals surface area contributed by atoms with Crippen molar-refractivity contribution in [1.82, 2.24) is 10.6 Å². The summed E-state index contributed by atoms with van der Waals surface area (Å²) in [5.41, 5.74) is 3.00. The summed E-state index contributed by atoms with van der Waals surface area (Å²) in [6, 6.07) is 13.9. The van der Waals surface area contributed by atoms with Gasteiger partial charge in [0.15, 0.2) is 0 Å². The fourth-order valence-corrected chi connectivity index (χ4v) is 2.68. The van der Waals surface area contributed by atoms with Gasteiger partial charge in [-0.1, -0.05) is 36.4 Å². The highest BCUT2D eigenvalue weighted by Crippen LogP contribution is 2.22. The number of carbonyl (C=O) groups is 1. The topological polar surface area (TPSA) is 41.1 Å². The van der Waals surface area contributed by atoms with Gasteiger partial charge in [0, 0.05) is 13.1 Å². The molecule has 108 valence electrons. The number of nitrogens with one attached hydrogen (secondary N) is 2. The molecule has 2 N–H and O–H groups in total. The quantitative estimate of drug-likeness (QED) is 0.908. The predicted octanol–water partition coefficient (Wildman–Crippen LogP) is 2.33. The highest BCUT2D eigenvalue weighted by Gasteiger charge is 2.25. The van der Waals surface area contributed by atoms with E-state index < -0.39 is 0 Å². The third kappa shape index (κ3) is 3.11. The van der Waals surface area contributed by atoms with Crippen molar-refractivity contribution < 1.29 is 9.18 Å². The minimum absolute atomic E-state index is 0.0774. The van der Waals surface area contributed by atoms with Crippen LogP contribution in [-0.4, -0.2) is 12.5 Å². The molecule has 1 aliphatic heterocycles. The van der Waals surface area contributed by atoms with Gasteiger partial charge in [-0.25, -0.2) is 4.39 Å². The number of hydrogen-bond donors (Lipinski definition) is 2. The van der Waals surface area contributed by atoms with Gasteiger partial charge >= 0.3 is 0 Å². The van der Waals surface area contributed by atoms with Crippen LogP contribution in [0.3, 0.4) is 0 Å². The lowest BCUT2D eigenvalue weighted by Crippen LogP contribution is -2.41. The summed E-state index contributed by atoms with van der Waals surface area (Å²) in [5.74, 6) is -0.366. The molecular weight excluding hydrogens is 267 g/mol. The molecular formula is C17H17FN2O. The Balaban J connectivity index is 1.69. The molecule has 1 heterocycles. The summed E-state index contributed by atoms with van der Waals surface area (Å²) in [5, 5.41) is 6.11. The molecule has 4 heteroatoms. The second-order valence-corrected chi connectivity index (χ2v) is 5.18. The van der Waals surface area contributed by atoms with E-state index in [-0.39, 0.29) is 17.8 Å². The second kappa shape index (κ2) is 6.06. The largest absolute Gasteiger partial charge is 0.350 e. The Bertz CT molecular complexity index is 657. The maximum Gasteiger partial charge on any atom is 0.242 e. The van der Waals surface area contributed by atoms with Crippen LogP contribution in [0.5, 0.6) is 0 Å². The van der Waals surface area contributed by atoms with E-state index >= 15 is 0 Å². The number of carbonyl (C=O) groups excluding carboxylic acids is 1. The number of halogens is 1. The van der Waals surface area contributed by atoms with Gasteiger partial charge < -0.3 is 10.6 Å². The van der Waals surface area contributed by atoms with Crippen molar-refractivity contribution in [1.29, 1.82) is 0 Å². The highest BCUT2D eigenvalue weighted by molar-refractivity contribution is 5.83. The van der Waals surface area contributed by atoms with Gasteiger partial charge in [0.25, 0.3) is 0 Å². The normalized spacial score (nSPS) is 17.1. The van der Waals surface area contributed by atoms with E-state index in [9.17, 15) is 9.18 Å². The minimum Gasteiger partial charge on any atom is -0.350 e. The van der Waals surface area contributed by atoms with Gasteiger partial charge in [-0.3, -0.25) is 4.79 Å². The Morgan fingerprint density at radius 3 is 2.95 bits per heavy atom. The minimum atomic E-state index is -0.330. The molecule has 0 saturated carbocycles. The first-order chi connectivity index (χ1) is 10.2. The summed E-state index contributed by atoms with van der Waals surface area (Å²) in [6.45, 7) is 1.12. The molecule has 0 spiro atoms. The first-order valence-electron chi connectivity index (χ1n) is 7.07. The van der Waals surface area contributed by atoms with Crippen LogP contribution >= 0.6 is 0 Å². The molecule has 0 saturated heterocycles. The molecule has 1 atom stereocenters. The zero-order valence-electron chi connectivity index (χ0n) is 11.6. The molecule has 0 fully saturated rings. The van der Waals surface area contributed by atoms with E-state index in [0.29, 0.717) is 6.54 Å². The van der Waals surface area contributed by atoms with Crippen molar-refractivity contribution >= 4 is 5.91 Å². The molecule has 1 amide bonds. The maximum atomic E-state index is 13.1. The summed E-state index contributed by atoms with van der Waals surface area (Å²) >= 11 is 0. The van der Waals surface area contributed by atoms with Gasteiger partial charge in [-0.15, -0.1) is 0 Å². The second-order valence-electron chi connectivity index (χ2n) is 5.18. The van der Waals surface area contributed by atoms with Crippen molar-refractivity contribution in [2.24, 2.45) is 0 Å². The number of fused-ring (bicyclic) bond motifs is 1. The van der Waals surface area contributed by atoms with E-state index in [4.69, 9.17) is 0 Å². The SMILES string of the molecule is O=C(NCc1cccc(F)c1)C1NCCc2ccccc21. The molecule has 0 aromatic heterocycles. The van der Waals surface area contributed by atoms with Crippen molar-refractivity contribution in [3.8, 4) is 0 Å². The van der Waals surface area contributed by atoms with E-state index in [1.54, 1.807) is 12.1 Å². The van der Waals surface area contributed by atoms with Crippen LogP contribution in [0, 0.1) is 5.82 Å². The lowest BCUT2D eigenvalue weighted by molar-refractivity contribution is -0.123. The van der Waals surface area contributed by atoms with Crippen LogP contribution in [0.2, 0.25) is 0 Å². The van der Waals surface area contributed by atoms with Crippen LogP contribution in [0.4, 0.5) is 4.39 Å². The summed E-state index contributed by atoms with van der Waals surface area (Å²) in [4.78, 5) is 12.4. The van der Waals surface area contributed by atoms with E-state index in [0.717, 1.165) is 24.1 Å². The lowest BCUT2D eigenvalue weighted by Gasteiger charge is -2.26. The van der Waals surface area contributed by atoms with Gasteiger partial charge in [-0.05, 0) is 35.2 Å². The molecule has 3 nitrogen and oxygen atoms in total. The first-order valence-corrected chi connectivity index (χ1v) is 7.07. The summed E-state index contributed by atoms with van der Waals surface area (Å²) < 4.78 is 13.1. The molecule has 0 aliphatic carbocycles. The van der Waals surface area contributed by atoms with Gasteiger partial charge in [0.2, 0.25) is 5.91 Å². The number of hydrogen-bond acceptors (Lipinski definition) is 2. The maximum absolute atomic E-state index is 13.1. The van der Waals surface area contributed by atoms with Crippen LogP contribution in [0.1, 0.15) is 22.7 Å². The third-order valence-corrected chi connectivity index (χ3v) is 3.73. The Kier molecular flexibility index (Phi) is 3.97. The third-order valence-electron chi connectivity index (χ3n) is 3.73. The molecule has 2 aromatic rings. The smallest absolute Gasteiger partial charge is 0.242 e. The molecule has 1 aliphatic rings. The van der Waals surface area contributed by atoms with Crippen molar-refractivity contribution in [3.05, 3.63) is 71.0 Å². The van der Waals surface area contributed by atoms with Crippen LogP contribution in [0.15, 0.2) is 48.5 Å². The average Bonchev–Trinajstić information content (AvgIpc) is 2.52. The van der Waals surface area contributed by atoms with Crippen LogP contribution in [-0.2, 0) is 17.8 Å². The van der Waals surface area contributed by atoms with Crippen molar-refractivity contribution in [2.45, 2.75) is 19.0 Å².